The van der Waals surface area contributed by atoms with E-state index in [0.717, 1.165) is 0 Å². The fourth-order valence-corrected chi connectivity index (χ4v) is 3.76. The first-order chi connectivity index (χ1) is 7.03. The highest BCUT2D eigenvalue weighted by Gasteiger charge is 2.36. The molecule has 0 spiro atoms. The van der Waals surface area contributed by atoms with Crippen LogP contribution in [0, 0.1) is 13.8 Å². The number of halogens is 1. The van der Waals surface area contributed by atoms with Gasteiger partial charge in [0.2, 0.25) is 0 Å². The topological polar surface area (TPSA) is 0 Å². The number of benzene rings is 1. The Hall–Kier alpha value is -0.300. The Labute approximate surface area is 101 Å². The van der Waals surface area contributed by atoms with E-state index in [0.29, 0.717) is 10.2 Å². The van der Waals surface area contributed by atoms with Gasteiger partial charge in [-0.1, -0.05) is 41.1 Å². The molecule has 0 saturated heterocycles. The van der Waals surface area contributed by atoms with E-state index in [2.05, 4.69) is 54.9 Å². The molecular formula is C14H19Br. The maximum Gasteiger partial charge on any atom is 0.0154 e. The fraction of sp³-hybridized carbons (Fsp3) is 0.571. The summed E-state index contributed by atoms with van der Waals surface area (Å²) in [5, 5.41) is 0. The zero-order valence-corrected chi connectivity index (χ0v) is 11.4. The number of alkyl halides is 1. The van der Waals surface area contributed by atoms with Crippen LogP contribution in [0.3, 0.4) is 0 Å². The Bertz CT molecular complexity index is 370. The smallest absolute Gasteiger partial charge is 0.0154 e. The van der Waals surface area contributed by atoms with Crippen LogP contribution in [0.15, 0.2) is 18.2 Å². The normalized spacial score (nSPS) is 30.8. The zero-order chi connectivity index (χ0) is 11.1. The SMILES string of the molecule is Cc1cccc(C2(C)CCC(Br)C2)c1C. The molecule has 0 bridgehead atoms. The van der Waals surface area contributed by atoms with E-state index in [4.69, 9.17) is 0 Å². The molecule has 0 aliphatic heterocycles. The first kappa shape index (κ1) is 11.2. The Morgan fingerprint density at radius 2 is 2.07 bits per heavy atom. The molecule has 0 nitrogen and oxygen atoms in total. The largest absolute Gasteiger partial charge is 0.0890 e. The molecule has 1 fully saturated rings. The van der Waals surface area contributed by atoms with Crippen LogP contribution >= 0.6 is 15.9 Å². The van der Waals surface area contributed by atoms with Crippen LogP contribution in [0.2, 0.25) is 0 Å². The van der Waals surface area contributed by atoms with E-state index in [1.165, 1.54) is 30.4 Å². The summed E-state index contributed by atoms with van der Waals surface area (Å²) in [4.78, 5) is 0.711. The minimum absolute atomic E-state index is 0.393. The first-order valence-electron chi connectivity index (χ1n) is 5.74. The van der Waals surface area contributed by atoms with Gasteiger partial charge in [0.25, 0.3) is 0 Å². The lowest BCUT2D eigenvalue weighted by Gasteiger charge is -2.27. The molecule has 0 aromatic heterocycles. The molecule has 1 aromatic rings. The van der Waals surface area contributed by atoms with Crippen LogP contribution in [-0.4, -0.2) is 4.83 Å². The van der Waals surface area contributed by atoms with Crippen LogP contribution in [0.1, 0.15) is 42.9 Å². The fourth-order valence-electron chi connectivity index (χ4n) is 2.82. The Morgan fingerprint density at radius 1 is 1.33 bits per heavy atom. The monoisotopic (exact) mass is 266 g/mol. The molecule has 0 heterocycles. The van der Waals surface area contributed by atoms with E-state index in [1.54, 1.807) is 5.56 Å². The molecular weight excluding hydrogens is 248 g/mol. The maximum atomic E-state index is 3.75. The first-order valence-corrected chi connectivity index (χ1v) is 6.65. The van der Waals surface area contributed by atoms with Crippen molar-refractivity contribution in [2.75, 3.05) is 0 Å². The molecule has 2 rings (SSSR count). The second-order valence-electron chi connectivity index (χ2n) is 5.15. The molecule has 2 unspecified atom stereocenters. The Kier molecular flexibility index (Phi) is 2.94. The van der Waals surface area contributed by atoms with Crippen LogP contribution in [0.25, 0.3) is 0 Å². The summed E-state index contributed by atoms with van der Waals surface area (Å²) < 4.78 is 0. The van der Waals surface area contributed by atoms with Crippen molar-refractivity contribution >= 4 is 15.9 Å². The summed E-state index contributed by atoms with van der Waals surface area (Å²) in [6.07, 6.45) is 3.90. The lowest BCUT2D eigenvalue weighted by molar-refractivity contribution is 0.490. The van der Waals surface area contributed by atoms with Gasteiger partial charge in [0.15, 0.2) is 0 Å². The van der Waals surface area contributed by atoms with E-state index in [-0.39, 0.29) is 0 Å². The molecule has 1 aromatic carbocycles. The van der Waals surface area contributed by atoms with Gasteiger partial charge in [-0.15, -0.1) is 0 Å². The predicted octanol–water partition coefficient (Wildman–Crippen LogP) is 4.51. The summed E-state index contributed by atoms with van der Waals surface area (Å²) in [7, 11) is 0. The number of hydrogen-bond donors (Lipinski definition) is 0. The minimum Gasteiger partial charge on any atom is -0.0890 e. The summed E-state index contributed by atoms with van der Waals surface area (Å²) in [6.45, 7) is 6.89. The van der Waals surface area contributed by atoms with E-state index >= 15 is 0 Å². The number of aryl methyl sites for hydroxylation is 1. The Morgan fingerprint density at radius 3 is 2.67 bits per heavy atom. The van der Waals surface area contributed by atoms with Crippen LogP contribution < -0.4 is 0 Å². The zero-order valence-electron chi connectivity index (χ0n) is 9.81. The van der Waals surface area contributed by atoms with Gasteiger partial charge >= 0.3 is 0 Å². The van der Waals surface area contributed by atoms with Crippen molar-refractivity contribution in [2.24, 2.45) is 0 Å². The van der Waals surface area contributed by atoms with E-state index in [9.17, 15) is 0 Å². The molecule has 1 aliphatic carbocycles. The summed E-state index contributed by atoms with van der Waals surface area (Å²) in [5.41, 5.74) is 4.86. The van der Waals surface area contributed by atoms with Gasteiger partial charge in [-0.25, -0.2) is 0 Å². The van der Waals surface area contributed by atoms with Gasteiger partial charge in [-0.2, -0.15) is 0 Å². The standard InChI is InChI=1S/C14H19Br/c1-10-5-4-6-13(11(10)2)14(3)8-7-12(15)9-14/h4-6,12H,7-9H2,1-3H3. The van der Waals surface area contributed by atoms with Crippen LogP contribution in [-0.2, 0) is 5.41 Å². The molecule has 1 saturated carbocycles. The highest BCUT2D eigenvalue weighted by Crippen LogP contribution is 2.44. The molecule has 0 radical (unpaired) electrons. The minimum atomic E-state index is 0.393. The summed E-state index contributed by atoms with van der Waals surface area (Å²) in [5.74, 6) is 0. The van der Waals surface area contributed by atoms with Gasteiger partial charge in [0, 0.05) is 4.83 Å². The van der Waals surface area contributed by atoms with Crippen LogP contribution in [0.4, 0.5) is 0 Å². The summed E-state index contributed by atoms with van der Waals surface area (Å²) in [6, 6.07) is 6.72. The van der Waals surface area contributed by atoms with Crippen molar-refractivity contribution in [1.29, 1.82) is 0 Å². The van der Waals surface area contributed by atoms with E-state index < -0.39 is 0 Å². The van der Waals surface area contributed by atoms with Gasteiger partial charge in [0.1, 0.15) is 0 Å². The maximum absolute atomic E-state index is 3.75. The molecule has 1 heteroatoms. The second kappa shape index (κ2) is 3.93. The highest BCUT2D eigenvalue weighted by molar-refractivity contribution is 9.09. The molecule has 82 valence electrons. The third-order valence-electron chi connectivity index (χ3n) is 3.94. The lowest BCUT2D eigenvalue weighted by atomic mass is 9.78. The average molecular weight is 267 g/mol. The second-order valence-corrected chi connectivity index (χ2v) is 6.44. The van der Waals surface area contributed by atoms with Crippen molar-refractivity contribution in [2.45, 2.75) is 50.3 Å². The molecule has 0 amide bonds. The van der Waals surface area contributed by atoms with Crippen molar-refractivity contribution in [3.05, 3.63) is 34.9 Å². The quantitative estimate of drug-likeness (QED) is 0.657. The van der Waals surface area contributed by atoms with Crippen molar-refractivity contribution < 1.29 is 0 Å². The lowest BCUT2D eigenvalue weighted by Crippen LogP contribution is -2.19. The van der Waals surface area contributed by atoms with Crippen LogP contribution in [0.5, 0.6) is 0 Å². The third kappa shape index (κ3) is 1.99. The molecule has 15 heavy (non-hydrogen) atoms. The Balaban J connectivity index is 2.41. The molecule has 2 atom stereocenters. The summed E-state index contributed by atoms with van der Waals surface area (Å²) >= 11 is 3.75. The molecule has 0 N–H and O–H groups in total. The average Bonchev–Trinajstić information content (AvgIpc) is 2.52. The predicted molar refractivity (Wildman–Crippen MR) is 69.8 cm³/mol. The molecule has 1 aliphatic rings. The van der Waals surface area contributed by atoms with Gasteiger partial charge in [-0.05, 0) is 55.2 Å². The third-order valence-corrected chi connectivity index (χ3v) is 4.72. The van der Waals surface area contributed by atoms with Gasteiger partial charge in [0.05, 0.1) is 0 Å². The number of hydrogen-bond acceptors (Lipinski definition) is 0. The highest BCUT2D eigenvalue weighted by atomic mass is 79.9. The number of rotatable bonds is 1. The van der Waals surface area contributed by atoms with Crippen molar-refractivity contribution in [3.63, 3.8) is 0 Å². The van der Waals surface area contributed by atoms with Crippen molar-refractivity contribution in [1.82, 2.24) is 0 Å². The van der Waals surface area contributed by atoms with Gasteiger partial charge < -0.3 is 0 Å². The van der Waals surface area contributed by atoms with E-state index in [1.807, 2.05) is 0 Å². The van der Waals surface area contributed by atoms with Gasteiger partial charge in [-0.3, -0.25) is 0 Å². The van der Waals surface area contributed by atoms with Crippen molar-refractivity contribution in [3.8, 4) is 0 Å².